The molecule has 0 radical (unpaired) electrons. The van der Waals surface area contributed by atoms with Gasteiger partial charge in [-0.3, -0.25) is 19.2 Å². The molecule has 0 saturated heterocycles. The number of para-hydroxylation sites is 1. The molecule has 0 saturated carbocycles. The standard InChI is InChI=1S/C36H36N10O5/c1-4-11-41-33(47)27-29(38)23-15-19(14-22(31(23)46-36(27)50)24-10-13-40-18(2)44-24)7-6-12-42-34(48)26-28(37)20-8-5-9-21(30(20)45-35(26)49)32-25(51-3)16-39-17-43-32/h5,8-10,13-17H,4,6-7,11-12H2,1-3H3,(H,41,47)(H,42,48)(H3,37,45,49)(H3,38,46,50). The van der Waals surface area contributed by atoms with E-state index in [1.54, 1.807) is 37.4 Å². The van der Waals surface area contributed by atoms with Crippen LogP contribution < -0.4 is 38.0 Å². The Kier molecular flexibility index (Phi) is 9.70. The van der Waals surface area contributed by atoms with Gasteiger partial charge in [-0.25, -0.2) is 19.9 Å². The molecule has 0 aliphatic rings. The number of nitrogens with zero attached hydrogens (tertiary/aromatic N) is 4. The zero-order chi connectivity index (χ0) is 36.2. The Hall–Kier alpha value is -6.64. The molecule has 51 heavy (non-hydrogen) atoms. The van der Waals surface area contributed by atoms with Crippen molar-refractivity contribution in [1.82, 2.24) is 40.5 Å². The minimum absolute atomic E-state index is 0.0312. The first-order valence-electron chi connectivity index (χ1n) is 16.3. The average Bonchev–Trinajstić information content (AvgIpc) is 3.12. The number of amides is 2. The lowest BCUT2D eigenvalue weighted by Gasteiger charge is -2.15. The fourth-order valence-electron chi connectivity index (χ4n) is 6.01. The number of aryl methyl sites for hydroxylation is 2. The molecule has 0 atom stereocenters. The Labute approximate surface area is 290 Å². The lowest BCUT2D eigenvalue weighted by Crippen LogP contribution is -2.32. The van der Waals surface area contributed by atoms with Crippen molar-refractivity contribution in [3.05, 3.63) is 98.3 Å². The Morgan fingerprint density at radius 3 is 2.25 bits per heavy atom. The van der Waals surface area contributed by atoms with Crippen LogP contribution in [0, 0.1) is 6.92 Å². The van der Waals surface area contributed by atoms with Crippen molar-refractivity contribution < 1.29 is 14.3 Å². The molecule has 6 rings (SSSR count). The van der Waals surface area contributed by atoms with Crippen LogP contribution in [0.3, 0.4) is 0 Å². The molecule has 15 heteroatoms. The van der Waals surface area contributed by atoms with Gasteiger partial charge < -0.3 is 36.8 Å². The number of benzene rings is 2. The van der Waals surface area contributed by atoms with Crippen molar-refractivity contribution in [2.45, 2.75) is 33.1 Å². The number of pyridine rings is 2. The molecule has 0 fully saturated rings. The molecule has 2 aromatic carbocycles. The third-order valence-electron chi connectivity index (χ3n) is 8.44. The molecular weight excluding hydrogens is 652 g/mol. The number of aromatic nitrogens is 6. The van der Waals surface area contributed by atoms with Crippen LogP contribution in [-0.4, -0.2) is 61.9 Å². The second-order valence-corrected chi connectivity index (χ2v) is 11.8. The van der Waals surface area contributed by atoms with E-state index in [0.717, 1.165) is 5.56 Å². The SMILES string of the molecule is CCCNC(=O)c1c(N)c2cc(CCCNC(=O)c3c(N)c4cccc(-c5ncncc5OC)c4[nH]c3=O)cc(-c3ccnc(C)n3)c2[nH]c1=O. The van der Waals surface area contributed by atoms with Crippen molar-refractivity contribution in [3.63, 3.8) is 0 Å². The smallest absolute Gasteiger partial charge is 0.263 e. The summed E-state index contributed by atoms with van der Waals surface area (Å²) in [6.45, 7) is 4.26. The predicted molar refractivity (Wildman–Crippen MR) is 195 cm³/mol. The maximum absolute atomic E-state index is 13.3. The van der Waals surface area contributed by atoms with Crippen LogP contribution >= 0.6 is 0 Å². The molecule has 2 amide bonds. The highest BCUT2D eigenvalue weighted by molar-refractivity contribution is 6.10. The first kappa shape index (κ1) is 34.2. The van der Waals surface area contributed by atoms with Gasteiger partial charge in [0.05, 0.1) is 41.4 Å². The van der Waals surface area contributed by atoms with Gasteiger partial charge in [-0.2, -0.15) is 0 Å². The first-order chi connectivity index (χ1) is 24.6. The second-order valence-electron chi connectivity index (χ2n) is 11.8. The van der Waals surface area contributed by atoms with Gasteiger partial charge in [0.25, 0.3) is 22.9 Å². The Morgan fingerprint density at radius 1 is 0.882 bits per heavy atom. The number of ether oxygens (including phenoxy) is 1. The predicted octanol–water partition coefficient (Wildman–Crippen LogP) is 3.27. The highest BCUT2D eigenvalue weighted by Crippen LogP contribution is 2.34. The summed E-state index contributed by atoms with van der Waals surface area (Å²) >= 11 is 0. The van der Waals surface area contributed by atoms with Gasteiger partial charge in [0.1, 0.15) is 29.0 Å². The number of H-pyrrole nitrogens is 2. The quantitative estimate of drug-likeness (QED) is 0.108. The lowest BCUT2D eigenvalue weighted by molar-refractivity contribution is 0.0944. The molecule has 0 spiro atoms. The summed E-state index contributed by atoms with van der Waals surface area (Å²) in [5.74, 6) is -0.239. The van der Waals surface area contributed by atoms with Gasteiger partial charge >= 0.3 is 0 Å². The fourth-order valence-corrected chi connectivity index (χ4v) is 6.01. The number of hydrogen-bond donors (Lipinski definition) is 6. The van der Waals surface area contributed by atoms with Gasteiger partial charge in [-0.1, -0.05) is 25.1 Å². The van der Waals surface area contributed by atoms with Gasteiger partial charge in [-0.05, 0) is 49.9 Å². The maximum Gasteiger partial charge on any atom is 0.263 e. The summed E-state index contributed by atoms with van der Waals surface area (Å²) < 4.78 is 5.40. The van der Waals surface area contributed by atoms with Crippen molar-refractivity contribution >= 4 is 45.0 Å². The number of fused-ring (bicyclic) bond motifs is 2. The molecule has 6 aromatic rings. The molecule has 4 heterocycles. The highest BCUT2D eigenvalue weighted by Gasteiger charge is 2.22. The molecule has 0 bridgehead atoms. The van der Waals surface area contributed by atoms with E-state index in [9.17, 15) is 19.2 Å². The van der Waals surface area contributed by atoms with Crippen LogP contribution in [0.25, 0.3) is 44.3 Å². The van der Waals surface area contributed by atoms with Crippen LogP contribution in [0.1, 0.15) is 51.9 Å². The van der Waals surface area contributed by atoms with Crippen molar-refractivity contribution in [2.75, 3.05) is 31.7 Å². The van der Waals surface area contributed by atoms with Crippen LogP contribution in [0.15, 0.2) is 64.7 Å². The molecule has 260 valence electrons. The van der Waals surface area contributed by atoms with E-state index in [0.29, 0.717) is 81.7 Å². The third kappa shape index (κ3) is 6.68. The van der Waals surface area contributed by atoms with Crippen molar-refractivity contribution in [3.8, 4) is 28.3 Å². The van der Waals surface area contributed by atoms with E-state index in [-0.39, 0.29) is 29.0 Å². The van der Waals surface area contributed by atoms with E-state index in [1.807, 2.05) is 19.1 Å². The van der Waals surface area contributed by atoms with Crippen LogP contribution in [0.4, 0.5) is 11.4 Å². The van der Waals surface area contributed by atoms with Gasteiger partial charge in [0.15, 0.2) is 5.75 Å². The summed E-state index contributed by atoms with van der Waals surface area (Å²) in [7, 11) is 1.49. The summed E-state index contributed by atoms with van der Waals surface area (Å²) in [6.07, 6.45) is 6.13. The number of nitrogen functional groups attached to an aromatic ring is 2. The zero-order valence-electron chi connectivity index (χ0n) is 28.2. The number of nitrogens with one attached hydrogen (secondary N) is 4. The second kappa shape index (κ2) is 14.5. The third-order valence-corrected chi connectivity index (χ3v) is 8.44. The van der Waals surface area contributed by atoms with Crippen LogP contribution in [0.5, 0.6) is 5.75 Å². The number of carbonyl (C=O) groups excluding carboxylic acids is 2. The number of methoxy groups -OCH3 is 1. The topological polar surface area (TPSA) is 237 Å². The lowest BCUT2D eigenvalue weighted by atomic mass is 9.97. The molecule has 0 aliphatic carbocycles. The minimum Gasteiger partial charge on any atom is -0.493 e. The minimum atomic E-state index is -0.652. The summed E-state index contributed by atoms with van der Waals surface area (Å²) in [5.41, 5.74) is 15.2. The Morgan fingerprint density at radius 2 is 1.57 bits per heavy atom. The van der Waals surface area contributed by atoms with Gasteiger partial charge in [0.2, 0.25) is 0 Å². The summed E-state index contributed by atoms with van der Waals surface area (Å²) in [5, 5.41) is 6.48. The van der Waals surface area contributed by atoms with Gasteiger partial charge in [-0.15, -0.1) is 0 Å². The van der Waals surface area contributed by atoms with Crippen LogP contribution in [-0.2, 0) is 6.42 Å². The van der Waals surface area contributed by atoms with E-state index in [1.165, 1.54) is 19.6 Å². The van der Waals surface area contributed by atoms with Crippen LogP contribution in [0.2, 0.25) is 0 Å². The molecule has 15 nitrogen and oxygen atoms in total. The molecule has 8 N–H and O–H groups in total. The first-order valence-corrected chi connectivity index (χ1v) is 16.3. The number of hydrogen-bond acceptors (Lipinski definition) is 11. The highest BCUT2D eigenvalue weighted by atomic mass is 16.5. The van der Waals surface area contributed by atoms with E-state index in [4.69, 9.17) is 16.2 Å². The fraction of sp³-hybridized carbons (Fsp3) is 0.222. The Balaban J connectivity index is 1.27. The molecular formula is C36H36N10O5. The zero-order valence-corrected chi connectivity index (χ0v) is 28.2. The largest absolute Gasteiger partial charge is 0.493 e. The number of carbonyl (C=O) groups is 2. The normalized spacial score (nSPS) is 11.1. The monoisotopic (exact) mass is 688 g/mol. The summed E-state index contributed by atoms with van der Waals surface area (Å²) in [4.78, 5) is 75.2. The number of rotatable bonds is 11. The van der Waals surface area contributed by atoms with E-state index >= 15 is 0 Å². The number of nitrogens with two attached hydrogens (primary N) is 2. The molecule has 0 unspecified atom stereocenters. The summed E-state index contributed by atoms with van der Waals surface area (Å²) in [6, 6.07) is 10.6. The molecule has 4 aromatic heterocycles. The average molecular weight is 689 g/mol. The number of anilines is 2. The van der Waals surface area contributed by atoms with Crippen molar-refractivity contribution in [1.29, 1.82) is 0 Å². The van der Waals surface area contributed by atoms with E-state index < -0.39 is 22.9 Å². The van der Waals surface area contributed by atoms with Crippen molar-refractivity contribution in [2.24, 2.45) is 0 Å². The maximum atomic E-state index is 13.3. The van der Waals surface area contributed by atoms with E-state index in [2.05, 4.69) is 40.5 Å². The Bertz CT molecular complexity index is 2440. The number of aromatic amines is 2. The van der Waals surface area contributed by atoms with Gasteiger partial charge in [0, 0.05) is 41.2 Å². The molecule has 0 aliphatic heterocycles.